The number of nitrogens with one attached hydrogen (secondary N) is 1. The molecule has 1 saturated heterocycles. The van der Waals surface area contributed by atoms with Crippen molar-refractivity contribution in [1.82, 2.24) is 15.1 Å². The normalized spacial score (nSPS) is 21.6. The standard InChI is InChI=1S/C12H27N3O/c1-12(2)11-16-10-9-15(12)8-6-13-5-7-14(3)4/h13H,5-11H2,1-4H3. The highest BCUT2D eigenvalue weighted by molar-refractivity contribution is 4.84. The minimum absolute atomic E-state index is 0.196. The molecule has 0 radical (unpaired) electrons. The van der Waals surface area contributed by atoms with E-state index in [1.807, 2.05) is 0 Å². The summed E-state index contributed by atoms with van der Waals surface area (Å²) in [5.41, 5.74) is 0.196. The first kappa shape index (κ1) is 13.9. The van der Waals surface area contributed by atoms with Crippen molar-refractivity contribution < 1.29 is 4.74 Å². The quantitative estimate of drug-likeness (QED) is 0.661. The fraction of sp³-hybridized carbons (Fsp3) is 1.00. The summed E-state index contributed by atoms with van der Waals surface area (Å²) in [6.07, 6.45) is 0. The van der Waals surface area contributed by atoms with E-state index >= 15 is 0 Å². The predicted molar refractivity (Wildman–Crippen MR) is 67.9 cm³/mol. The smallest absolute Gasteiger partial charge is 0.0645 e. The highest BCUT2D eigenvalue weighted by atomic mass is 16.5. The molecule has 0 aliphatic carbocycles. The van der Waals surface area contributed by atoms with Crippen LogP contribution >= 0.6 is 0 Å². The van der Waals surface area contributed by atoms with E-state index in [1.165, 1.54) is 0 Å². The van der Waals surface area contributed by atoms with Crippen LogP contribution in [0.25, 0.3) is 0 Å². The van der Waals surface area contributed by atoms with Crippen molar-refractivity contribution in [1.29, 1.82) is 0 Å². The third kappa shape index (κ3) is 4.78. The van der Waals surface area contributed by atoms with Crippen molar-refractivity contribution in [3.63, 3.8) is 0 Å². The minimum Gasteiger partial charge on any atom is -0.378 e. The maximum Gasteiger partial charge on any atom is 0.0645 e. The first-order valence-electron chi connectivity index (χ1n) is 6.20. The van der Waals surface area contributed by atoms with Crippen LogP contribution in [0.3, 0.4) is 0 Å². The fourth-order valence-corrected chi connectivity index (χ4v) is 1.95. The molecule has 1 aliphatic rings. The molecule has 1 aliphatic heterocycles. The Hall–Kier alpha value is -0.160. The number of morpholine rings is 1. The van der Waals surface area contributed by atoms with Crippen molar-refractivity contribution in [2.75, 3.05) is 60.0 Å². The monoisotopic (exact) mass is 229 g/mol. The lowest BCUT2D eigenvalue weighted by atomic mass is 10.0. The van der Waals surface area contributed by atoms with Crippen molar-refractivity contribution in [3.8, 4) is 0 Å². The second-order valence-electron chi connectivity index (χ2n) is 5.41. The Morgan fingerprint density at radius 2 is 2.06 bits per heavy atom. The second kappa shape index (κ2) is 6.55. The van der Waals surface area contributed by atoms with Gasteiger partial charge in [0.1, 0.15) is 0 Å². The molecule has 1 N–H and O–H groups in total. The zero-order chi connectivity index (χ0) is 12.0. The zero-order valence-corrected chi connectivity index (χ0v) is 11.3. The Morgan fingerprint density at radius 3 is 2.69 bits per heavy atom. The Labute approximate surface area is 99.9 Å². The summed E-state index contributed by atoms with van der Waals surface area (Å²) >= 11 is 0. The molecular formula is C12H27N3O. The first-order valence-corrected chi connectivity index (χ1v) is 6.20. The summed E-state index contributed by atoms with van der Waals surface area (Å²) in [4.78, 5) is 4.71. The molecule has 0 aromatic rings. The maximum absolute atomic E-state index is 5.51. The van der Waals surface area contributed by atoms with Gasteiger partial charge in [-0.15, -0.1) is 0 Å². The summed E-state index contributed by atoms with van der Waals surface area (Å²) in [7, 11) is 4.21. The van der Waals surface area contributed by atoms with Gasteiger partial charge < -0.3 is 15.0 Å². The Morgan fingerprint density at radius 1 is 1.31 bits per heavy atom. The third-order valence-corrected chi connectivity index (χ3v) is 3.11. The van der Waals surface area contributed by atoms with Crippen molar-refractivity contribution in [3.05, 3.63) is 0 Å². The average Bonchev–Trinajstić information content (AvgIpc) is 2.19. The molecule has 4 heteroatoms. The van der Waals surface area contributed by atoms with Crippen molar-refractivity contribution in [2.45, 2.75) is 19.4 Å². The van der Waals surface area contributed by atoms with Crippen LogP contribution in [0.5, 0.6) is 0 Å². The van der Waals surface area contributed by atoms with E-state index in [0.717, 1.165) is 45.9 Å². The number of likely N-dealkylation sites (N-methyl/N-ethyl adjacent to an activating group) is 1. The summed E-state index contributed by atoms with van der Waals surface area (Å²) < 4.78 is 5.51. The van der Waals surface area contributed by atoms with E-state index in [9.17, 15) is 0 Å². The Balaban J connectivity index is 2.11. The van der Waals surface area contributed by atoms with Gasteiger partial charge in [-0.2, -0.15) is 0 Å². The number of nitrogens with zero attached hydrogens (tertiary/aromatic N) is 2. The molecule has 1 heterocycles. The SMILES string of the molecule is CN(C)CCNCCN1CCOCC1(C)C. The molecule has 16 heavy (non-hydrogen) atoms. The zero-order valence-electron chi connectivity index (χ0n) is 11.3. The van der Waals surface area contributed by atoms with E-state index in [4.69, 9.17) is 4.74 Å². The largest absolute Gasteiger partial charge is 0.378 e. The molecule has 4 nitrogen and oxygen atoms in total. The van der Waals surface area contributed by atoms with E-state index in [1.54, 1.807) is 0 Å². The van der Waals surface area contributed by atoms with Gasteiger partial charge in [0, 0.05) is 38.3 Å². The molecule has 1 fully saturated rings. The van der Waals surface area contributed by atoms with Gasteiger partial charge >= 0.3 is 0 Å². The molecule has 0 amide bonds. The fourth-order valence-electron chi connectivity index (χ4n) is 1.95. The highest BCUT2D eigenvalue weighted by Gasteiger charge is 2.29. The molecule has 0 saturated carbocycles. The molecule has 0 aromatic carbocycles. The van der Waals surface area contributed by atoms with Gasteiger partial charge in [-0.1, -0.05) is 0 Å². The first-order chi connectivity index (χ1) is 7.52. The Kier molecular flexibility index (Phi) is 5.69. The molecule has 1 rings (SSSR count). The maximum atomic E-state index is 5.51. The molecule has 0 unspecified atom stereocenters. The number of rotatable bonds is 6. The van der Waals surface area contributed by atoms with E-state index in [-0.39, 0.29) is 5.54 Å². The molecular weight excluding hydrogens is 202 g/mol. The van der Waals surface area contributed by atoms with Gasteiger partial charge in [0.05, 0.1) is 13.2 Å². The van der Waals surface area contributed by atoms with Crippen LogP contribution in [0.15, 0.2) is 0 Å². The van der Waals surface area contributed by atoms with Crippen LogP contribution in [0.1, 0.15) is 13.8 Å². The van der Waals surface area contributed by atoms with Gasteiger partial charge in [0.15, 0.2) is 0 Å². The van der Waals surface area contributed by atoms with Crippen molar-refractivity contribution >= 4 is 0 Å². The van der Waals surface area contributed by atoms with E-state index < -0.39 is 0 Å². The van der Waals surface area contributed by atoms with Crippen molar-refractivity contribution in [2.24, 2.45) is 0 Å². The van der Waals surface area contributed by atoms with E-state index in [2.05, 4.69) is 43.1 Å². The molecule has 0 bridgehead atoms. The van der Waals surface area contributed by atoms with Crippen LogP contribution < -0.4 is 5.32 Å². The molecule has 0 spiro atoms. The number of ether oxygens (including phenoxy) is 1. The third-order valence-electron chi connectivity index (χ3n) is 3.11. The lowest BCUT2D eigenvalue weighted by molar-refractivity contribution is -0.0500. The van der Waals surface area contributed by atoms with Crippen LogP contribution in [0.4, 0.5) is 0 Å². The van der Waals surface area contributed by atoms with Gasteiger partial charge in [-0.25, -0.2) is 0 Å². The van der Waals surface area contributed by atoms with Crippen LogP contribution in [0.2, 0.25) is 0 Å². The summed E-state index contributed by atoms with van der Waals surface area (Å²) in [6, 6.07) is 0. The van der Waals surface area contributed by atoms with Gasteiger partial charge in [-0.3, -0.25) is 4.90 Å². The topological polar surface area (TPSA) is 27.7 Å². The average molecular weight is 229 g/mol. The lowest BCUT2D eigenvalue weighted by Crippen LogP contribution is -2.54. The summed E-state index contributed by atoms with van der Waals surface area (Å²) in [5, 5.41) is 3.48. The number of hydrogen-bond donors (Lipinski definition) is 1. The minimum atomic E-state index is 0.196. The molecule has 96 valence electrons. The Bertz CT molecular complexity index is 195. The van der Waals surface area contributed by atoms with Crippen LogP contribution in [-0.2, 0) is 4.74 Å². The molecule has 0 aromatic heterocycles. The van der Waals surface area contributed by atoms with Crippen LogP contribution in [0, 0.1) is 0 Å². The second-order valence-corrected chi connectivity index (χ2v) is 5.41. The van der Waals surface area contributed by atoms with E-state index in [0.29, 0.717) is 0 Å². The number of hydrogen-bond acceptors (Lipinski definition) is 4. The summed E-state index contributed by atoms with van der Waals surface area (Å²) in [5.74, 6) is 0. The molecule has 0 atom stereocenters. The van der Waals surface area contributed by atoms with Gasteiger partial charge in [0.25, 0.3) is 0 Å². The van der Waals surface area contributed by atoms with Gasteiger partial charge in [-0.05, 0) is 27.9 Å². The van der Waals surface area contributed by atoms with Gasteiger partial charge in [0.2, 0.25) is 0 Å². The van der Waals surface area contributed by atoms with Crippen LogP contribution in [-0.4, -0.2) is 75.4 Å². The summed E-state index contributed by atoms with van der Waals surface area (Å²) in [6.45, 7) is 11.7. The highest BCUT2D eigenvalue weighted by Crippen LogP contribution is 2.17. The predicted octanol–water partition coefficient (Wildman–Crippen LogP) is 0.248. The lowest BCUT2D eigenvalue weighted by Gasteiger charge is -2.42.